The molecule has 2 aromatic rings. The van der Waals surface area contributed by atoms with Crippen LogP contribution in [-0.4, -0.2) is 5.91 Å². The number of nitrogen functional groups attached to an aromatic ring is 1. The normalized spacial score (nSPS) is 10.3. The maximum atomic E-state index is 13.5. The highest BCUT2D eigenvalue weighted by Crippen LogP contribution is 2.23. The fourth-order valence-electron chi connectivity index (χ4n) is 1.53. The molecule has 0 aliphatic carbocycles. The van der Waals surface area contributed by atoms with Gasteiger partial charge in [0.1, 0.15) is 17.3 Å². The Morgan fingerprint density at radius 3 is 2.53 bits per heavy atom. The lowest BCUT2D eigenvalue weighted by Crippen LogP contribution is -2.16. The highest BCUT2D eigenvalue weighted by Gasteiger charge is 2.15. The van der Waals surface area contributed by atoms with E-state index in [4.69, 9.17) is 17.3 Å². The molecule has 2 rings (SSSR count). The van der Waals surface area contributed by atoms with E-state index in [9.17, 15) is 13.6 Å². The summed E-state index contributed by atoms with van der Waals surface area (Å²) in [5, 5.41) is 2.40. The number of nitrogens with two attached hydrogens (primary N) is 1. The van der Waals surface area contributed by atoms with Gasteiger partial charge in [-0.2, -0.15) is 0 Å². The van der Waals surface area contributed by atoms with E-state index in [0.717, 1.165) is 12.1 Å². The van der Waals surface area contributed by atoms with E-state index in [0.29, 0.717) is 0 Å². The number of carbonyl (C=O) groups is 1. The number of amides is 1. The molecule has 98 valence electrons. The van der Waals surface area contributed by atoms with Crippen molar-refractivity contribution in [2.75, 3.05) is 11.1 Å². The quantitative estimate of drug-likeness (QED) is 0.829. The number of benzene rings is 2. The van der Waals surface area contributed by atoms with E-state index in [1.54, 1.807) is 0 Å². The van der Waals surface area contributed by atoms with Gasteiger partial charge in [-0.25, -0.2) is 8.78 Å². The monoisotopic (exact) mass is 282 g/mol. The van der Waals surface area contributed by atoms with Gasteiger partial charge in [-0.05, 0) is 30.3 Å². The van der Waals surface area contributed by atoms with Gasteiger partial charge in [-0.3, -0.25) is 4.79 Å². The standard InChI is InChI=1S/C13H9ClF2N2O/c14-7-4-5-8(10(16)6-7)13(19)18-12-9(15)2-1-3-11(12)17/h1-6H,17H2,(H,18,19). The Morgan fingerprint density at radius 1 is 1.16 bits per heavy atom. The van der Waals surface area contributed by atoms with E-state index in [1.165, 1.54) is 24.3 Å². The molecule has 0 bridgehead atoms. The molecule has 0 atom stereocenters. The molecule has 0 aromatic heterocycles. The summed E-state index contributed by atoms with van der Waals surface area (Å²) in [6, 6.07) is 7.56. The number of anilines is 2. The van der Waals surface area contributed by atoms with Crippen LogP contribution in [0, 0.1) is 11.6 Å². The van der Waals surface area contributed by atoms with Crippen LogP contribution < -0.4 is 11.1 Å². The molecule has 19 heavy (non-hydrogen) atoms. The van der Waals surface area contributed by atoms with Crippen LogP contribution in [0.25, 0.3) is 0 Å². The Kier molecular flexibility index (Phi) is 3.66. The number of rotatable bonds is 2. The minimum atomic E-state index is -0.800. The number of hydrogen-bond acceptors (Lipinski definition) is 2. The molecular formula is C13H9ClF2N2O. The number of para-hydroxylation sites is 1. The largest absolute Gasteiger partial charge is 0.397 e. The smallest absolute Gasteiger partial charge is 0.258 e. The highest BCUT2D eigenvalue weighted by atomic mass is 35.5. The first-order chi connectivity index (χ1) is 8.99. The van der Waals surface area contributed by atoms with Gasteiger partial charge < -0.3 is 11.1 Å². The minimum Gasteiger partial charge on any atom is -0.397 e. The zero-order valence-corrected chi connectivity index (χ0v) is 10.3. The summed E-state index contributed by atoms with van der Waals surface area (Å²) >= 11 is 5.58. The van der Waals surface area contributed by atoms with Gasteiger partial charge >= 0.3 is 0 Å². The molecule has 6 heteroatoms. The summed E-state index contributed by atoms with van der Waals surface area (Å²) in [5.74, 6) is -2.28. The second kappa shape index (κ2) is 5.24. The van der Waals surface area contributed by atoms with Crippen molar-refractivity contribution in [1.82, 2.24) is 0 Å². The SMILES string of the molecule is Nc1cccc(F)c1NC(=O)c1ccc(Cl)cc1F. The second-order valence-corrected chi connectivity index (χ2v) is 4.22. The summed E-state index contributed by atoms with van der Waals surface area (Å²) in [4.78, 5) is 11.8. The van der Waals surface area contributed by atoms with Gasteiger partial charge in [0, 0.05) is 5.02 Å². The molecule has 0 saturated carbocycles. The van der Waals surface area contributed by atoms with Crippen molar-refractivity contribution in [1.29, 1.82) is 0 Å². The van der Waals surface area contributed by atoms with Crippen LogP contribution in [0.5, 0.6) is 0 Å². The maximum absolute atomic E-state index is 13.5. The molecular weight excluding hydrogens is 274 g/mol. The summed E-state index contributed by atoms with van der Waals surface area (Å²) in [7, 11) is 0. The Labute approximate surface area is 113 Å². The molecule has 2 aromatic carbocycles. The Hall–Kier alpha value is -2.14. The number of carbonyl (C=O) groups excluding carboxylic acids is 1. The lowest BCUT2D eigenvalue weighted by Gasteiger charge is -2.09. The Balaban J connectivity index is 2.31. The third-order valence-corrected chi connectivity index (χ3v) is 2.70. The van der Waals surface area contributed by atoms with Gasteiger partial charge in [0.05, 0.1) is 11.3 Å². The lowest BCUT2D eigenvalue weighted by molar-refractivity contribution is 0.102. The number of halogens is 3. The van der Waals surface area contributed by atoms with Gasteiger partial charge in [0.2, 0.25) is 0 Å². The van der Waals surface area contributed by atoms with E-state index in [1.807, 2.05) is 0 Å². The van der Waals surface area contributed by atoms with Crippen molar-refractivity contribution < 1.29 is 13.6 Å². The fraction of sp³-hybridized carbons (Fsp3) is 0. The number of hydrogen-bond donors (Lipinski definition) is 2. The summed E-state index contributed by atoms with van der Waals surface area (Å²) in [6.07, 6.45) is 0. The molecule has 0 fully saturated rings. The molecule has 3 N–H and O–H groups in total. The molecule has 0 unspecified atom stereocenters. The van der Waals surface area contributed by atoms with Crippen LogP contribution in [0.1, 0.15) is 10.4 Å². The first kappa shape index (κ1) is 13.3. The van der Waals surface area contributed by atoms with E-state index in [2.05, 4.69) is 5.32 Å². The summed E-state index contributed by atoms with van der Waals surface area (Å²) in [5.41, 5.74) is 5.18. The Morgan fingerprint density at radius 2 is 1.89 bits per heavy atom. The van der Waals surface area contributed by atoms with Crippen molar-refractivity contribution >= 4 is 28.9 Å². The van der Waals surface area contributed by atoms with Gasteiger partial charge in [0.15, 0.2) is 0 Å². The van der Waals surface area contributed by atoms with Crippen molar-refractivity contribution in [3.8, 4) is 0 Å². The topological polar surface area (TPSA) is 55.1 Å². The predicted octanol–water partition coefficient (Wildman–Crippen LogP) is 3.45. The van der Waals surface area contributed by atoms with Crippen molar-refractivity contribution in [3.63, 3.8) is 0 Å². The number of nitrogens with one attached hydrogen (secondary N) is 1. The second-order valence-electron chi connectivity index (χ2n) is 3.78. The first-order valence-corrected chi connectivity index (χ1v) is 5.67. The highest BCUT2D eigenvalue weighted by molar-refractivity contribution is 6.30. The molecule has 0 radical (unpaired) electrons. The van der Waals surface area contributed by atoms with Crippen LogP contribution in [0.3, 0.4) is 0 Å². The zero-order valence-electron chi connectivity index (χ0n) is 9.58. The zero-order chi connectivity index (χ0) is 14.0. The summed E-state index contributed by atoms with van der Waals surface area (Å²) in [6.45, 7) is 0. The van der Waals surface area contributed by atoms with Crippen LogP contribution in [0.2, 0.25) is 5.02 Å². The van der Waals surface area contributed by atoms with E-state index in [-0.39, 0.29) is 22.0 Å². The van der Waals surface area contributed by atoms with Crippen LogP contribution in [0.4, 0.5) is 20.2 Å². The average molecular weight is 283 g/mol. The molecule has 0 spiro atoms. The molecule has 1 amide bonds. The van der Waals surface area contributed by atoms with E-state index >= 15 is 0 Å². The molecule has 0 saturated heterocycles. The molecule has 0 heterocycles. The first-order valence-electron chi connectivity index (χ1n) is 5.29. The summed E-state index contributed by atoms with van der Waals surface area (Å²) < 4.78 is 27.0. The van der Waals surface area contributed by atoms with Gasteiger partial charge in [-0.1, -0.05) is 17.7 Å². The van der Waals surface area contributed by atoms with Crippen molar-refractivity contribution in [2.24, 2.45) is 0 Å². The van der Waals surface area contributed by atoms with Crippen molar-refractivity contribution in [2.45, 2.75) is 0 Å². The molecule has 0 aliphatic heterocycles. The minimum absolute atomic E-state index is 0.0581. The molecule has 3 nitrogen and oxygen atoms in total. The predicted molar refractivity (Wildman–Crippen MR) is 70.2 cm³/mol. The van der Waals surface area contributed by atoms with Crippen LogP contribution >= 0.6 is 11.6 Å². The fourth-order valence-corrected chi connectivity index (χ4v) is 1.69. The third kappa shape index (κ3) is 2.82. The van der Waals surface area contributed by atoms with Gasteiger partial charge in [-0.15, -0.1) is 0 Å². The maximum Gasteiger partial charge on any atom is 0.258 e. The third-order valence-electron chi connectivity index (χ3n) is 2.46. The lowest BCUT2D eigenvalue weighted by atomic mass is 10.2. The average Bonchev–Trinajstić information content (AvgIpc) is 2.33. The van der Waals surface area contributed by atoms with Crippen LogP contribution in [0.15, 0.2) is 36.4 Å². The van der Waals surface area contributed by atoms with Gasteiger partial charge in [0.25, 0.3) is 5.91 Å². The Bertz CT molecular complexity index is 626. The van der Waals surface area contributed by atoms with E-state index < -0.39 is 17.5 Å². The van der Waals surface area contributed by atoms with Crippen molar-refractivity contribution in [3.05, 3.63) is 58.6 Å². The molecule has 0 aliphatic rings. The van der Waals surface area contributed by atoms with Crippen LogP contribution in [-0.2, 0) is 0 Å².